The summed E-state index contributed by atoms with van der Waals surface area (Å²) in [5, 5.41) is 0. The van der Waals surface area contributed by atoms with Gasteiger partial charge in [-0.3, -0.25) is 0 Å². The molecule has 1 aromatic carbocycles. The maximum Gasteiger partial charge on any atom is 0.0363 e. The molecular formula is C16H24N. The quantitative estimate of drug-likeness (QED) is 0.746. The van der Waals surface area contributed by atoms with Gasteiger partial charge in [0.05, 0.1) is 0 Å². The van der Waals surface area contributed by atoms with E-state index in [-0.39, 0.29) is 0 Å². The summed E-state index contributed by atoms with van der Waals surface area (Å²) in [5.41, 5.74) is 2.65. The topological polar surface area (TPSA) is 3.24 Å². The Balaban J connectivity index is 1.91. The van der Waals surface area contributed by atoms with E-state index in [1.165, 1.54) is 49.9 Å². The van der Waals surface area contributed by atoms with E-state index in [1.54, 1.807) is 0 Å². The van der Waals surface area contributed by atoms with Gasteiger partial charge < -0.3 is 4.90 Å². The van der Waals surface area contributed by atoms with Crippen LogP contribution in [0.4, 0.5) is 5.69 Å². The first-order chi connectivity index (χ1) is 8.29. The molecule has 17 heavy (non-hydrogen) atoms. The van der Waals surface area contributed by atoms with Crippen molar-refractivity contribution in [1.29, 1.82) is 0 Å². The van der Waals surface area contributed by atoms with Crippen LogP contribution in [0.3, 0.4) is 0 Å². The van der Waals surface area contributed by atoms with Crippen molar-refractivity contribution in [3.8, 4) is 0 Å². The summed E-state index contributed by atoms with van der Waals surface area (Å²) in [6.45, 7) is 3.30. The van der Waals surface area contributed by atoms with Crippen molar-refractivity contribution in [2.24, 2.45) is 5.92 Å². The fourth-order valence-corrected chi connectivity index (χ4v) is 2.78. The molecule has 0 bridgehead atoms. The van der Waals surface area contributed by atoms with Crippen molar-refractivity contribution in [3.05, 3.63) is 36.2 Å². The fraction of sp³-hybridized carbons (Fsp3) is 0.562. The molecular weight excluding hydrogens is 206 g/mol. The lowest BCUT2D eigenvalue weighted by molar-refractivity contribution is 0.362. The van der Waals surface area contributed by atoms with Crippen molar-refractivity contribution in [3.63, 3.8) is 0 Å². The van der Waals surface area contributed by atoms with Crippen LogP contribution in [0, 0.1) is 12.3 Å². The van der Waals surface area contributed by atoms with Crippen LogP contribution in [0.5, 0.6) is 0 Å². The van der Waals surface area contributed by atoms with Gasteiger partial charge in [-0.25, -0.2) is 0 Å². The van der Waals surface area contributed by atoms with Gasteiger partial charge in [0.25, 0.3) is 0 Å². The molecule has 1 radical (unpaired) electrons. The van der Waals surface area contributed by atoms with Crippen molar-refractivity contribution in [1.82, 2.24) is 0 Å². The Hall–Kier alpha value is -0.980. The standard InChI is InChI=1S/C16H24N/c1-3-14-9-11-16(12-10-14)17(2)13-15-7-5-4-6-8-15/h3,9-12,15H,4-8,13H2,1-2H3. The highest BCUT2D eigenvalue weighted by atomic mass is 15.1. The number of rotatable bonds is 4. The second-order valence-corrected chi connectivity index (χ2v) is 5.26. The molecule has 1 fully saturated rings. The Morgan fingerprint density at radius 2 is 1.76 bits per heavy atom. The van der Waals surface area contributed by atoms with Crippen LogP contribution in [-0.4, -0.2) is 13.6 Å². The SMILES string of the molecule is C[CH]c1ccc(N(C)CC2CCCCC2)cc1. The molecule has 0 aliphatic heterocycles. The minimum atomic E-state index is 0.908. The summed E-state index contributed by atoms with van der Waals surface area (Å²) in [5.74, 6) is 0.908. The molecule has 0 N–H and O–H groups in total. The molecule has 1 saturated carbocycles. The van der Waals surface area contributed by atoms with Crippen LogP contribution in [0.2, 0.25) is 0 Å². The van der Waals surface area contributed by atoms with Crippen LogP contribution in [0.1, 0.15) is 44.6 Å². The van der Waals surface area contributed by atoms with E-state index in [9.17, 15) is 0 Å². The molecule has 0 aromatic heterocycles. The second kappa shape index (κ2) is 6.09. The zero-order chi connectivity index (χ0) is 12.1. The largest absolute Gasteiger partial charge is 0.374 e. The van der Waals surface area contributed by atoms with Gasteiger partial charge in [-0.05, 0) is 42.9 Å². The fourth-order valence-electron chi connectivity index (χ4n) is 2.78. The zero-order valence-electron chi connectivity index (χ0n) is 11.2. The van der Waals surface area contributed by atoms with Crippen molar-refractivity contribution in [2.75, 3.05) is 18.5 Å². The highest BCUT2D eigenvalue weighted by Crippen LogP contribution is 2.26. The molecule has 1 aliphatic rings. The molecule has 1 nitrogen and oxygen atoms in total. The molecule has 0 atom stereocenters. The van der Waals surface area contributed by atoms with Crippen molar-refractivity contribution >= 4 is 5.69 Å². The Morgan fingerprint density at radius 3 is 2.35 bits per heavy atom. The van der Waals surface area contributed by atoms with Gasteiger partial charge in [-0.1, -0.05) is 38.3 Å². The van der Waals surface area contributed by atoms with Gasteiger partial charge in [0.2, 0.25) is 0 Å². The third-order valence-corrected chi connectivity index (χ3v) is 3.92. The van der Waals surface area contributed by atoms with E-state index in [1.807, 2.05) is 0 Å². The van der Waals surface area contributed by atoms with E-state index in [0.29, 0.717) is 0 Å². The molecule has 93 valence electrons. The van der Waals surface area contributed by atoms with Gasteiger partial charge in [0, 0.05) is 19.3 Å². The monoisotopic (exact) mass is 230 g/mol. The highest BCUT2D eigenvalue weighted by molar-refractivity contribution is 5.47. The Morgan fingerprint density at radius 1 is 1.12 bits per heavy atom. The number of hydrogen-bond acceptors (Lipinski definition) is 1. The van der Waals surface area contributed by atoms with Crippen molar-refractivity contribution in [2.45, 2.75) is 39.0 Å². The number of anilines is 1. The lowest BCUT2D eigenvalue weighted by Crippen LogP contribution is -2.26. The Kier molecular flexibility index (Phi) is 4.47. The van der Waals surface area contributed by atoms with Gasteiger partial charge in [-0.15, -0.1) is 0 Å². The summed E-state index contributed by atoms with van der Waals surface area (Å²) < 4.78 is 0. The highest BCUT2D eigenvalue weighted by Gasteiger charge is 2.15. The lowest BCUT2D eigenvalue weighted by atomic mass is 9.89. The Bertz CT molecular complexity index is 322. The second-order valence-electron chi connectivity index (χ2n) is 5.26. The predicted molar refractivity (Wildman–Crippen MR) is 75.4 cm³/mol. The number of hydrogen-bond donors (Lipinski definition) is 0. The molecule has 0 unspecified atom stereocenters. The third kappa shape index (κ3) is 3.49. The summed E-state index contributed by atoms with van der Waals surface area (Å²) in [7, 11) is 2.22. The molecule has 0 amide bonds. The van der Waals surface area contributed by atoms with Crippen LogP contribution in [0.15, 0.2) is 24.3 Å². The zero-order valence-corrected chi connectivity index (χ0v) is 11.2. The molecule has 1 heteroatoms. The first-order valence-corrected chi connectivity index (χ1v) is 6.90. The first kappa shape index (κ1) is 12.5. The maximum atomic E-state index is 2.41. The number of nitrogens with zero attached hydrogens (tertiary/aromatic N) is 1. The summed E-state index contributed by atoms with van der Waals surface area (Å²) in [6, 6.07) is 8.87. The molecule has 0 heterocycles. The minimum Gasteiger partial charge on any atom is -0.374 e. The molecule has 0 spiro atoms. The Labute approximate surface area is 106 Å². The van der Waals surface area contributed by atoms with Crippen molar-refractivity contribution < 1.29 is 0 Å². The average molecular weight is 230 g/mol. The third-order valence-electron chi connectivity index (χ3n) is 3.92. The van der Waals surface area contributed by atoms with Crippen LogP contribution in [0.25, 0.3) is 0 Å². The van der Waals surface area contributed by atoms with Crippen LogP contribution >= 0.6 is 0 Å². The van der Waals surface area contributed by atoms with Gasteiger partial charge in [0.1, 0.15) is 0 Å². The van der Waals surface area contributed by atoms with Gasteiger partial charge >= 0.3 is 0 Å². The van der Waals surface area contributed by atoms with Crippen LogP contribution in [-0.2, 0) is 0 Å². The van der Waals surface area contributed by atoms with E-state index >= 15 is 0 Å². The van der Waals surface area contributed by atoms with Gasteiger partial charge in [-0.2, -0.15) is 0 Å². The van der Waals surface area contributed by atoms with E-state index in [4.69, 9.17) is 0 Å². The summed E-state index contributed by atoms with van der Waals surface area (Å²) in [6.07, 6.45) is 9.30. The molecule has 1 aliphatic carbocycles. The normalized spacial score (nSPS) is 17.1. The minimum absolute atomic E-state index is 0.908. The molecule has 2 rings (SSSR count). The van der Waals surface area contributed by atoms with Crippen LogP contribution < -0.4 is 4.90 Å². The van der Waals surface area contributed by atoms with E-state index in [2.05, 4.69) is 49.6 Å². The smallest absolute Gasteiger partial charge is 0.0363 e. The molecule has 0 saturated heterocycles. The first-order valence-electron chi connectivity index (χ1n) is 6.90. The maximum absolute atomic E-state index is 2.41. The van der Waals surface area contributed by atoms with E-state index in [0.717, 1.165) is 5.92 Å². The predicted octanol–water partition coefficient (Wildman–Crippen LogP) is 4.28. The van der Waals surface area contributed by atoms with E-state index < -0.39 is 0 Å². The number of benzene rings is 1. The molecule has 1 aromatic rings. The summed E-state index contributed by atoms with van der Waals surface area (Å²) in [4.78, 5) is 2.41. The lowest BCUT2D eigenvalue weighted by Gasteiger charge is -2.28. The summed E-state index contributed by atoms with van der Waals surface area (Å²) >= 11 is 0. The van der Waals surface area contributed by atoms with Gasteiger partial charge in [0.15, 0.2) is 0 Å². The average Bonchev–Trinajstić information content (AvgIpc) is 2.40.